The smallest absolute Gasteiger partial charge is 0.471 e. The van der Waals surface area contributed by atoms with E-state index in [9.17, 15) is 22.8 Å². The van der Waals surface area contributed by atoms with E-state index >= 15 is 0 Å². The number of nitrogens with zero attached hydrogens (tertiary/aromatic N) is 1. The molecule has 9 heteroatoms. The molecule has 0 radical (unpaired) electrons. The molecule has 1 unspecified atom stereocenters. The van der Waals surface area contributed by atoms with Crippen LogP contribution in [-0.4, -0.2) is 48.4 Å². The van der Waals surface area contributed by atoms with Gasteiger partial charge in [-0.1, -0.05) is 12.1 Å². The van der Waals surface area contributed by atoms with Crippen LogP contribution >= 0.6 is 0 Å². The molecule has 1 aromatic rings. The highest BCUT2D eigenvalue weighted by molar-refractivity contribution is 5.82. The van der Waals surface area contributed by atoms with Crippen LogP contribution in [0.4, 0.5) is 18.0 Å². The standard InChI is InChI=1S/C19H25F3N2O4/c1-18(2,3)28-17(26)23-9-11-27-14-7-4-6-13(12-14)15-8-5-10-24(15)16(25)19(20,21)22/h4,6-7,12,15H,5,8-11H2,1-3H3,(H,23,26). The number of amides is 2. The number of nitrogens with one attached hydrogen (secondary N) is 1. The fraction of sp³-hybridized carbons (Fsp3) is 0.579. The van der Waals surface area contributed by atoms with E-state index in [2.05, 4.69) is 5.32 Å². The summed E-state index contributed by atoms with van der Waals surface area (Å²) in [5.74, 6) is -1.36. The lowest BCUT2D eigenvalue weighted by molar-refractivity contribution is -0.186. The maximum Gasteiger partial charge on any atom is 0.471 e. The van der Waals surface area contributed by atoms with E-state index in [0.29, 0.717) is 24.2 Å². The van der Waals surface area contributed by atoms with E-state index in [-0.39, 0.29) is 19.7 Å². The molecular formula is C19H25F3N2O4. The van der Waals surface area contributed by atoms with Gasteiger partial charge < -0.3 is 19.7 Å². The van der Waals surface area contributed by atoms with E-state index in [4.69, 9.17) is 9.47 Å². The van der Waals surface area contributed by atoms with Gasteiger partial charge in [0.1, 0.15) is 18.0 Å². The molecule has 0 aromatic heterocycles. The van der Waals surface area contributed by atoms with Crippen LogP contribution in [0.5, 0.6) is 5.75 Å². The minimum absolute atomic E-state index is 0.0773. The van der Waals surface area contributed by atoms with Crippen molar-refractivity contribution in [1.82, 2.24) is 10.2 Å². The van der Waals surface area contributed by atoms with Gasteiger partial charge in [0.25, 0.3) is 0 Å². The second kappa shape index (κ2) is 8.70. The summed E-state index contributed by atoms with van der Waals surface area (Å²) < 4.78 is 49.0. The maximum atomic E-state index is 12.8. The molecule has 6 nitrogen and oxygen atoms in total. The monoisotopic (exact) mass is 402 g/mol. The van der Waals surface area contributed by atoms with Crippen molar-refractivity contribution >= 4 is 12.0 Å². The molecule has 1 fully saturated rings. The molecule has 0 bridgehead atoms. The number of hydrogen-bond donors (Lipinski definition) is 1. The first-order valence-electron chi connectivity index (χ1n) is 9.05. The van der Waals surface area contributed by atoms with Gasteiger partial charge in [-0.3, -0.25) is 4.79 Å². The zero-order chi connectivity index (χ0) is 20.9. The highest BCUT2D eigenvalue weighted by Crippen LogP contribution is 2.36. The molecule has 1 atom stereocenters. The number of carbonyl (C=O) groups is 2. The third-order valence-corrected chi connectivity index (χ3v) is 4.04. The van der Waals surface area contributed by atoms with Gasteiger partial charge in [-0.15, -0.1) is 0 Å². The lowest BCUT2D eigenvalue weighted by atomic mass is 10.0. The first-order chi connectivity index (χ1) is 13.0. The van der Waals surface area contributed by atoms with E-state index in [0.717, 1.165) is 4.90 Å². The van der Waals surface area contributed by atoms with Crippen molar-refractivity contribution in [3.05, 3.63) is 29.8 Å². The summed E-state index contributed by atoms with van der Waals surface area (Å²) in [6.45, 7) is 5.72. The summed E-state index contributed by atoms with van der Waals surface area (Å²) in [5, 5.41) is 2.55. The fourth-order valence-corrected chi connectivity index (χ4v) is 2.97. The average molecular weight is 402 g/mol. The number of hydrogen-bond acceptors (Lipinski definition) is 4. The second-order valence-electron chi connectivity index (χ2n) is 7.50. The van der Waals surface area contributed by atoms with Gasteiger partial charge in [0, 0.05) is 6.54 Å². The number of halogens is 3. The lowest BCUT2D eigenvalue weighted by Crippen LogP contribution is -2.40. The summed E-state index contributed by atoms with van der Waals surface area (Å²) in [7, 11) is 0. The van der Waals surface area contributed by atoms with Gasteiger partial charge in [-0.05, 0) is 51.3 Å². The topological polar surface area (TPSA) is 67.9 Å². The minimum atomic E-state index is -4.88. The van der Waals surface area contributed by atoms with Crippen LogP contribution in [0.1, 0.15) is 45.2 Å². The molecule has 0 saturated carbocycles. The Labute approximate surface area is 162 Å². The minimum Gasteiger partial charge on any atom is -0.492 e. The van der Waals surface area contributed by atoms with Crippen molar-refractivity contribution in [2.24, 2.45) is 0 Å². The van der Waals surface area contributed by atoms with E-state index in [1.54, 1.807) is 45.0 Å². The van der Waals surface area contributed by atoms with Crippen molar-refractivity contribution in [3.63, 3.8) is 0 Å². The molecule has 1 aliphatic rings. The zero-order valence-corrected chi connectivity index (χ0v) is 16.1. The lowest BCUT2D eigenvalue weighted by Gasteiger charge is -2.26. The van der Waals surface area contributed by atoms with E-state index in [1.807, 2.05) is 0 Å². The molecule has 1 aromatic carbocycles. The van der Waals surface area contributed by atoms with Gasteiger partial charge in [0.15, 0.2) is 0 Å². The summed E-state index contributed by atoms with van der Waals surface area (Å²) in [4.78, 5) is 24.1. The number of alkyl halides is 3. The normalized spacial score (nSPS) is 17.4. The molecular weight excluding hydrogens is 377 g/mol. The molecule has 0 aliphatic carbocycles. The molecule has 2 rings (SSSR count). The van der Waals surface area contributed by atoms with Crippen molar-refractivity contribution in [1.29, 1.82) is 0 Å². The third-order valence-electron chi connectivity index (χ3n) is 4.04. The molecule has 1 saturated heterocycles. The number of ether oxygens (including phenoxy) is 2. The predicted octanol–water partition coefficient (Wildman–Crippen LogP) is 3.82. The van der Waals surface area contributed by atoms with Gasteiger partial charge in [0.2, 0.25) is 0 Å². The summed E-state index contributed by atoms with van der Waals surface area (Å²) in [6, 6.07) is 6.01. The summed E-state index contributed by atoms with van der Waals surface area (Å²) in [5.41, 5.74) is -0.00648. The van der Waals surface area contributed by atoms with Crippen LogP contribution in [-0.2, 0) is 9.53 Å². The SMILES string of the molecule is CC(C)(C)OC(=O)NCCOc1cccc(C2CCCN2C(=O)C(F)(F)F)c1. The van der Waals surface area contributed by atoms with Crippen LogP contribution in [0, 0.1) is 0 Å². The number of alkyl carbamates (subject to hydrolysis) is 1. The number of carbonyl (C=O) groups excluding carboxylic acids is 2. The van der Waals surface area contributed by atoms with Crippen LogP contribution in [0.15, 0.2) is 24.3 Å². The molecule has 2 amide bonds. The molecule has 1 aliphatic heterocycles. The summed E-state index contributed by atoms with van der Waals surface area (Å²) in [6.07, 6.45) is -4.47. The van der Waals surface area contributed by atoms with Gasteiger partial charge in [-0.2, -0.15) is 13.2 Å². The Morgan fingerprint density at radius 1 is 1.25 bits per heavy atom. The Morgan fingerprint density at radius 2 is 1.96 bits per heavy atom. The highest BCUT2D eigenvalue weighted by Gasteiger charge is 2.46. The zero-order valence-electron chi connectivity index (χ0n) is 16.1. The van der Waals surface area contributed by atoms with Crippen molar-refractivity contribution < 1.29 is 32.2 Å². The van der Waals surface area contributed by atoms with Crippen LogP contribution in [0.3, 0.4) is 0 Å². The molecule has 0 spiro atoms. The Morgan fingerprint density at radius 3 is 2.61 bits per heavy atom. The van der Waals surface area contributed by atoms with Crippen molar-refractivity contribution in [3.8, 4) is 5.75 Å². The van der Waals surface area contributed by atoms with Gasteiger partial charge in [-0.25, -0.2) is 4.79 Å². The Balaban J connectivity index is 1.91. The average Bonchev–Trinajstić information content (AvgIpc) is 3.05. The van der Waals surface area contributed by atoms with Gasteiger partial charge >= 0.3 is 18.2 Å². The molecule has 1 N–H and O–H groups in total. The Hall–Kier alpha value is -2.45. The predicted molar refractivity (Wildman–Crippen MR) is 95.9 cm³/mol. The fourth-order valence-electron chi connectivity index (χ4n) is 2.97. The van der Waals surface area contributed by atoms with Crippen LogP contribution in [0.25, 0.3) is 0 Å². The molecule has 1 heterocycles. The third kappa shape index (κ3) is 6.31. The first kappa shape index (κ1) is 21.8. The summed E-state index contributed by atoms with van der Waals surface area (Å²) >= 11 is 0. The first-order valence-corrected chi connectivity index (χ1v) is 9.05. The molecule has 156 valence electrons. The second-order valence-corrected chi connectivity index (χ2v) is 7.50. The van der Waals surface area contributed by atoms with E-state index < -0.39 is 29.8 Å². The van der Waals surface area contributed by atoms with Crippen molar-refractivity contribution in [2.75, 3.05) is 19.7 Å². The maximum absolute atomic E-state index is 12.8. The van der Waals surface area contributed by atoms with E-state index in [1.165, 1.54) is 0 Å². The van der Waals surface area contributed by atoms with Crippen molar-refractivity contribution in [2.45, 2.75) is 51.4 Å². The Kier molecular flexibility index (Phi) is 6.79. The van der Waals surface area contributed by atoms with Gasteiger partial charge in [0.05, 0.1) is 12.6 Å². The van der Waals surface area contributed by atoms with Crippen LogP contribution < -0.4 is 10.1 Å². The highest BCUT2D eigenvalue weighted by atomic mass is 19.4. The number of benzene rings is 1. The molecule has 28 heavy (non-hydrogen) atoms. The quantitative estimate of drug-likeness (QED) is 0.761. The largest absolute Gasteiger partial charge is 0.492 e. The van der Waals surface area contributed by atoms with Crippen LogP contribution in [0.2, 0.25) is 0 Å². The Bertz CT molecular complexity index is 701. The number of likely N-dealkylation sites (tertiary alicyclic amines) is 1. The number of rotatable bonds is 5.